The minimum absolute atomic E-state index is 0. The Morgan fingerprint density at radius 3 is 1.90 bits per heavy atom. The first-order valence-corrected chi connectivity index (χ1v) is 10.1. The summed E-state index contributed by atoms with van der Waals surface area (Å²) in [7, 11) is 0. The maximum Gasteiger partial charge on any atom is 3.00 e. The van der Waals surface area contributed by atoms with Gasteiger partial charge in [0.05, 0.1) is 0 Å². The third-order valence-electron chi connectivity index (χ3n) is 4.39. The summed E-state index contributed by atoms with van der Waals surface area (Å²) in [5.74, 6) is 0. The summed E-state index contributed by atoms with van der Waals surface area (Å²) in [5, 5.41) is 17.8. The van der Waals surface area contributed by atoms with Gasteiger partial charge in [0.25, 0.3) is 0 Å². The van der Waals surface area contributed by atoms with Gasteiger partial charge in [0.2, 0.25) is 0 Å². The molecule has 0 spiro atoms. The van der Waals surface area contributed by atoms with Gasteiger partial charge in [0, 0.05) is 0 Å². The van der Waals surface area contributed by atoms with Crippen LogP contribution in [0, 0.1) is 10.4 Å². The average molecular weight is 488 g/mol. The van der Waals surface area contributed by atoms with Gasteiger partial charge in [-0.1, -0.05) is 42.5 Å². The smallest absolute Gasteiger partial charge is 0.680 e. The Morgan fingerprint density at radius 1 is 0.742 bits per heavy atom. The Balaban J connectivity index is 0.000000274. The molecule has 0 atom stereocenters. The van der Waals surface area contributed by atoms with Crippen molar-refractivity contribution in [1.29, 1.82) is 0 Å². The second-order valence-corrected chi connectivity index (χ2v) is 6.57. The standard InChI is InChI=1S/C15H10N.2C6H10N.Zr/c1-2-4-12-11(3-1)9-14-13(12)6-5-10-7-8-16-15(10)14;2*1-3-5-7-6-4-2;/h1-7,9H,8H2;2*3-4H,1-2,5-6H2;/q3*-1;+3. The summed E-state index contributed by atoms with van der Waals surface area (Å²) in [5.41, 5.74) is 2.47. The number of fused-ring (bicyclic) bond motifs is 4. The van der Waals surface area contributed by atoms with E-state index in [1.807, 2.05) is 0 Å². The number of benzene rings is 2. The quantitative estimate of drug-likeness (QED) is 0.303. The zero-order chi connectivity index (χ0) is 21.6. The van der Waals surface area contributed by atoms with Crippen LogP contribution in [0.15, 0.2) is 87.0 Å². The molecule has 0 N–H and O–H groups in total. The molecule has 0 aromatic heterocycles. The van der Waals surface area contributed by atoms with Crippen LogP contribution in [0.4, 0.5) is 5.69 Å². The molecule has 0 bridgehead atoms. The predicted molar refractivity (Wildman–Crippen MR) is 133 cm³/mol. The molecular formula is C27H30N3Zr. The van der Waals surface area contributed by atoms with E-state index in [1.54, 1.807) is 24.3 Å². The van der Waals surface area contributed by atoms with E-state index < -0.39 is 0 Å². The van der Waals surface area contributed by atoms with Crippen molar-refractivity contribution in [3.63, 3.8) is 0 Å². The first-order valence-electron chi connectivity index (χ1n) is 10.1. The Kier molecular flexibility index (Phi) is 13.4. The molecule has 2 aromatic carbocycles. The number of nitrogens with zero attached hydrogens (tertiary/aromatic N) is 3. The van der Waals surface area contributed by atoms with E-state index in [0.29, 0.717) is 0 Å². The van der Waals surface area contributed by atoms with Crippen molar-refractivity contribution >= 4 is 17.8 Å². The first-order chi connectivity index (χ1) is 14.8. The van der Waals surface area contributed by atoms with E-state index >= 15 is 0 Å². The van der Waals surface area contributed by atoms with Crippen LogP contribution in [0.2, 0.25) is 0 Å². The minimum Gasteiger partial charge on any atom is -0.680 e. The molecule has 0 saturated heterocycles. The van der Waals surface area contributed by atoms with E-state index in [9.17, 15) is 0 Å². The molecule has 3 nitrogen and oxygen atoms in total. The van der Waals surface area contributed by atoms with E-state index in [4.69, 9.17) is 0 Å². The predicted octanol–water partition coefficient (Wildman–Crippen LogP) is 5.38. The van der Waals surface area contributed by atoms with Crippen LogP contribution in [0.5, 0.6) is 0 Å². The van der Waals surface area contributed by atoms with E-state index in [1.165, 1.54) is 32.1 Å². The van der Waals surface area contributed by atoms with Crippen LogP contribution >= 0.6 is 0 Å². The second kappa shape index (κ2) is 15.5. The number of hydrogen-bond acceptors (Lipinski definition) is 0. The van der Waals surface area contributed by atoms with Crippen molar-refractivity contribution in [1.82, 2.24) is 0 Å². The molecule has 2 aliphatic rings. The Bertz CT molecular complexity index is 1050. The van der Waals surface area contributed by atoms with Gasteiger partial charge in [-0.2, -0.15) is 0 Å². The maximum absolute atomic E-state index is 4.57. The van der Waals surface area contributed by atoms with Crippen molar-refractivity contribution in [2.75, 3.05) is 32.7 Å². The maximum atomic E-state index is 4.57. The van der Waals surface area contributed by atoms with Gasteiger partial charge in [-0.3, -0.25) is 0 Å². The Morgan fingerprint density at radius 2 is 1.32 bits per heavy atom. The van der Waals surface area contributed by atoms with Gasteiger partial charge in [-0.15, -0.1) is 89.0 Å². The Labute approximate surface area is 205 Å². The molecule has 1 radical (unpaired) electrons. The molecule has 1 aliphatic heterocycles. The molecule has 157 valence electrons. The van der Waals surface area contributed by atoms with Crippen LogP contribution in [0.3, 0.4) is 0 Å². The topological polar surface area (TPSA) is 42.3 Å². The molecule has 4 rings (SSSR count). The van der Waals surface area contributed by atoms with Crippen LogP contribution in [-0.2, 0) is 26.2 Å². The van der Waals surface area contributed by atoms with Crippen LogP contribution in [0.1, 0.15) is 5.56 Å². The van der Waals surface area contributed by atoms with Crippen LogP contribution in [0.25, 0.3) is 28.1 Å². The van der Waals surface area contributed by atoms with E-state index in [2.05, 4.69) is 90.8 Å². The zero-order valence-corrected chi connectivity index (χ0v) is 20.6. The van der Waals surface area contributed by atoms with Crippen molar-refractivity contribution in [3.8, 4) is 0 Å². The van der Waals surface area contributed by atoms with Gasteiger partial charge >= 0.3 is 26.2 Å². The van der Waals surface area contributed by atoms with Gasteiger partial charge in [0.1, 0.15) is 0 Å². The normalized spacial score (nSPS) is 11.0. The zero-order valence-electron chi connectivity index (χ0n) is 18.1. The molecule has 1 heterocycles. The number of hydrogen-bond donors (Lipinski definition) is 0. The van der Waals surface area contributed by atoms with Gasteiger partial charge in [-0.25, -0.2) is 0 Å². The average Bonchev–Trinajstić information content (AvgIpc) is 3.40. The van der Waals surface area contributed by atoms with Gasteiger partial charge in [-0.05, 0) is 32.5 Å². The third kappa shape index (κ3) is 8.07. The first kappa shape index (κ1) is 26.8. The number of rotatable bonds is 8. The summed E-state index contributed by atoms with van der Waals surface area (Å²) in [6.07, 6.45) is 11.5. The minimum atomic E-state index is 0. The largest absolute Gasteiger partial charge is 3.00 e. The molecule has 1 aliphatic carbocycles. The van der Waals surface area contributed by atoms with Crippen molar-refractivity contribution in [2.24, 2.45) is 0 Å². The van der Waals surface area contributed by atoms with Gasteiger partial charge < -0.3 is 16.0 Å². The molecular weight excluding hydrogens is 458 g/mol. The summed E-state index contributed by atoms with van der Waals surface area (Å²) in [6.45, 7) is 17.8. The summed E-state index contributed by atoms with van der Waals surface area (Å²) < 4.78 is 0. The second-order valence-electron chi connectivity index (χ2n) is 6.57. The van der Waals surface area contributed by atoms with Crippen LogP contribution < -0.4 is 10.4 Å². The molecule has 2 aromatic rings. The van der Waals surface area contributed by atoms with E-state index in [-0.39, 0.29) is 26.2 Å². The molecule has 4 heteroatoms. The van der Waals surface area contributed by atoms with Crippen LogP contribution in [-0.4, -0.2) is 32.7 Å². The summed E-state index contributed by atoms with van der Waals surface area (Å²) >= 11 is 0. The fraction of sp³-hybridized carbons (Fsp3) is 0.185. The fourth-order valence-corrected chi connectivity index (χ4v) is 3.12. The van der Waals surface area contributed by atoms with Crippen molar-refractivity contribution < 1.29 is 26.2 Å². The van der Waals surface area contributed by atoms with Gasteiger partial charge in [0.15, 0.2) is 0 Å². The van der Waals surface area contributed by atoms with Crippen molar-refractivity contribution in [3.05, 3.63) is 129 Å². The third-order valence-corrected chi connectivity index (χ3v) is 4.39. The SMILES string of the molecule is C1=c2ccc3c(c2[N-]C1)C=c1ccccc1=3.C=CC[N-]CC=C.C=CC[N-]CC=C.[Zr+3]. The molecule has 31 heavy (non-hydrogen) atoms. The summed E-state index contributed by atoms with van der Waals surface area (Å²) in [4.78, 5) is 0. The molecule has 0 fully saturated rings. The molecule has 0 unspecified atom stereocenters. The van der Waals surface area contributed by atoms with Crippen molar-refractivity contribution in [2.45, 2.75) is 0 Å². The molecule has 0 amide bonds. The monoisotopic (exact) mass is 486 g/mol. The fourth-order valence-electron chi connectivity index (χ4n) is 3.12. The van der Waals surface area contributed by atoms with E-state index in [0.717, 1.165) is 32.7 Å². The Hall–Kier alpha value is -2.26. The summed E-state index contributed by atoms with van der Waals surface area (Å²) in [6, 6.07) is 12.9. The molecule has 0 saturated carbocycles.